The number of methoxy groups -OCH3 is 1. The highest BCUT2D eigenvalue weighted by molar-refractivity contribution is 7.99. The van der Waals surface area contributed by atoms with E-state index in [1.807, 2.05) is 0 Å². The molecule has 0 saturated heterocycles. The van der Waals surface area contributed by atoms with Gasteiger partial charge in [0.1, 0.15) is 6.10 Å². The first-order chi connectivity index (χ1) is 14.1. The van der Waals surface area contributed by atoms with Crippen LogP contribution in [0, 0.1) is 0 Å². The second kappa shape index (κ2) is 16.9. The van der Waals surface area contributed by atoms with Gasteiger partial charge < -0.3 is 19.7 Å². The van der Waals surface area contributed by atoms with Crippen LogP contribution < -0.4 is 0 Å². The number of aliphatic hydroxyl groups excluding tert-OH is 2. The Balaban J connectivity index is 1.87. The number of ether oxygens (including phenoxy) is 2. The molecule has 1 aliphatic rings. The Morgan fingerprint density at radius 3 is 1.86 bits per heavy atom. The van der Waals surface area contributed by atoms with Gasteiger partial charge in [0.05, 0.1) is 7.11 Å². The smallest absolute Gasteiger partial charge is 0.378 e. The molecule has 6 heteroatoms. The lowest BCUT2D eigenvalue weighted by atomic mass is 10.0. The first kappa shape index (κ1) is 26.2. The zero-order chi connectivity index (χ0) is 21.3. The number of esters is 1. The molecular formula is C23H42O5S. The molecule has 0 spiro atoms. The first-order valence-corrected chi connectivity index (χ1v) is 12.7. The predicted molar refractivity (Wildman–Crippen MR) is 120 cm³/mol. The van der Waals surface area contributed by atoms with Crippen molar-refractivity contribution in [1.82, 2.24) is 0 Å². The van der Waals surface area contributed by atoms with Gasteiger partial charge >= 0.3 is 5.97 Å². The fourth-order valence-corrected chi connectivity index (χ4v) is 4.59. The Morgan fingerprint density at radius 2 is 1.41 bits per heavy atom. The van der Waals surface area contributed by atoms with E-state index in [1.165, 1.54) is 90.6 Å². The summed E-state index contributed by atoms with van der Waals surface area (Å²) in [6.45, 7) is 2.27. The summed E-state index contributed by atoms with van der Waals surface area (Å²) in [4.78, 5) is 11.5. The van der Waals surface area contributed by atoms with Gasteiger partial charge in [0, 0.05) is 5.75 Å². The summed E-state index contributed by atoms with van der Waals surface area (Å²) < 4.78 is 9.76. The number of hydrogen-bond donors (Lipinski definition) is 2. The van der Waals surface area contributed by atoms with Gasteiger partial charge in [-0.15, -0.1) is 0 Å². The Hall–Kier alpha value is -0.880. The van der Waals surface area contributed by atoms with E-state index >= 15 is 0 Å². The van der Waals surface area contributed by atoms with E-state index in [0.717, 1.165) is 12.2 Å². The second-order valence-corrected chi connectivity index (χ2v) is 9.13. The molecule has 2 N–H and O–H groups in total. The van der Waals surface area contributed by atoms with Crippen molar-refractivity contribution < 1.29 is 24.5 Å². The summed E-state index contributed by atoms with van der Waals surface area (Å²) in [6.07, 6.45) is 16.9. The number of carbonyl (C=O) groups is 1. The Kier molecular flexibility index (Phi) is 15.2. The minimum absolute atomic E-state index is 0.203. The zero-order valence-electron chi connectivity index (χ0n) is 18.5. The lowest BCUT2D eigenvalue weighted by Gasteiger charge is -2.16. The normalized spacial score (nSPS) is 17.6. The van der Waals surface area contributed by atoms with E-state index in [9.17, 15) is 15.0 Å². The Bertz CT molecular complexity index is 466. The van der Waals surface area contributed by atoms with Crippen LogP contribution in [0.5, 0.6) is 0 Å². The van der Waals surface area contributed by atoms with Crippen molar-refractivity contribution in [2.75, 3.05) is 18.6 Å². The summed E-state index contributed by atoms with van der Waals surface area (Å²) >= 11 is 1.63. The SMILES string of the molecule is CCCCCCCCCCCCCCCCSC[C@H](O)[C@H]1OC(=O)C(OC)=C1O. The van der Waals surface area contributed by atoms with Crippen molar-refractivity contribution in [2.24, 2.45) is 0 Å². The van der Waals surface area contributed by atoms with Crippen LogP contribution in [0.3, 0.4) is 0 Å². The van der Waals surface area contributed by atoms with Crippen LogP contribution in [0.15, 0.2) is 11.5 Å². The molecule has 1 rings (SSSR count). The van der Waals surface area contributed by atoms with Crippen LogP contribution >= 0.6 is 11.8 Å². The molecule has 5 nitrogen and oxygen atoms in total. The number of cyclic esters (lactones) is 1. The highest BCUT2D eigenvalue weighted by Gasteiger charge is 2.39. The highest BCUT2D eigenvalue weighted by Crippen LogP contribution is 2.25. The number of carbonyl (C=O) groups excluding carboxylic acids is 1. The first-order valence-electron chi connectivity index (χ1n) is 11.6. The molecule has 0 aromatic rings. The van der Waals surface area contributed by atoms with Gasteiger partial charge in [-0.1, -0.05) is 90.4 Å². The summed E-state index contributed by atoms with van der Waals surface area (Å²) in [5.41, 5.74) is 0. The molecule has 0 saturated carbocycles. The topological polar surface area (TPSA) is 76.0 Å². The molecule has 1 aliphatic heterocycles. The number of aliphatic hydroxyl groups is 2. The third-order valence-electron chi connectivity index (χ3n) is 5.41. The quantitative estimate of drug-likeness (QED) is 0.196. The number of thioether (sulfide) groups is 1. The lowest BCUT2D eigenvalue weighted by molar-refractivity contribution is -0.146. The van der Waals surface area contributed by atoms with Gasteiger partial charge in [0.2, 0.25) is 5.76 Å². The van der Waals surface area contributed by atoms with Gasteiger partial charge in [-0.2, -0.15) is 11.8 Å². The van der Waals surface area contributed by atoms with E-state index < -0.39 is 18.2 Å². The summed E-state index contributed by atoms with van der Waals surface area (Å²) in [6, 6.07) is 0. The van der Waals surface area contributed by atoms with Crippen molar-refractivity contribution in [3.05, 3.63) is 11.5 Å². The van der Waals surface area contributed by atoms with Crippen LogP contribution in [0.25, 0.3) is 0 Å². The third kappa shape index (κ3) is 11.2. The minimum Gasteiger partial charge on any atom is -0.505 e. The molecule has 170 valence electrons. The average Bonchev–Trinajstić information content (AvgIpc) is 3.00. The van der Waals surface area contributed by atoms with Crippen LogP contribution in [-0.2, 0) is 14.3 Å². The van der Waals surface area contributed by atoms with E-state index in [1.54, 1.807) is 11.8 Å². The standard InChI is InChI=1S/C23H42O5S/c1-3-4-5-6-7-8-9-10-11-12-13-14-15-16-17-29-18-19(24)21-20(25)22(27-2)23(26)28-21/h19,21,24-25H,3-18H2,1-2H3/t19-,21+/m0/s1. The van der Waals surface area contributed by atoms with E-state index in [0.29, 0.717) is 5.75 Å². The maximum absolute atomic E-state index is 11.5. The maximum Gasteiger partial charge on any atom is 0.378 e. The van der Waals surface area contributed by atoms with Gasteiger partial charge in [0.15, 0.2) is 11.9 Å². The van der Waals surface area contributed by atoms with Crippen molar-refractivity contribution in [1.29, 1.82) is 0 Å². The zero-order valence-corrected chi connectivity index (χ0v) is 19.3. The molecule has 0 aliphatic carbocycles. The number of hydrogen-bond acceptors (Lipinski definition) is 6. The Labute approximate surface area is 181 Å². The summed E-state index contributed by atoms with van der Waals surface area (Å²) in [5, 5.41) is 20.0. The fourth-order valence-electron chi connectivity index (χ4n) is 3.60. The van der Waals surface area contributed by atoms with E-state index in [2.05, 4.69) is 6.92 Å². The largest absolute Gasteiger partial charge is 0.505 e. The van der Waals surface area contributed by atoms with Crippen molar-refractivity contribution in [3.63, 3.8) is 0 Å². The summed E-state index contributed by atoms with van der Waals surface area (Å²) in [7, 11) is 1.30. The van der Waals surface area contributed by atoms with Gasteiger partial charge in [-0.25, -0.2) is 4.79 Å². The molecule has 29 heavy (non-hydrogen) atoms. The van der Waals surface area contributed by atoms with E-state index in [4.69, 9.17) is 9.47 Å². The second-order valence-electron chi connectivity index (χ2n) is 7.98. The molecule has 0 amide bonds. The summed E-state index contributed by atoms with van der Waals surface area (Å²) in [5.74, 6) is 0.175. The predicted octanol–water partition coefficient (Wildman–Crippen LogP) is 5.90. The van der Waals surface area contributed by atoms with Crippen LogP contribution in [0.2, 0.25) is 0 Å². The molecular weight excluding hydrogens is 388 g/mol. The molecule has 1 heterocycles. The molecule has 2 atom stereocenters. The van der Waals surface area contributed by atoms with Crippen molar-refractivity contribution in [2.45, 2.75) is 109 Å². The van der Waals surface area contributed by atoms with Crippen molar-refractivity contribution >= 4 is 17.7 Å². The van der Waals surface area contributed by atoms with Gasteiger partial charge in [-0.05, 0) is 12.2 Å². The minimum atomic E-state index is -0.999. The highest BCUT2D eigenvalue weighted by atomic mass is 32.2. The average molecular weight is 431 g/mol. The third-order valence-corrected chi connectivity index (χ3v) is 6.56. The molecule has 0 aromatic heterocycles. The Morgan fingerprint density at radius 1 is 0.931 bits per heavy atom. The fraction of sp³-hybridized carbons (Fsp3) is 0.870. The van der Waals surface area contributed by atoms with Gasteiger partial charge in [-0.3, -0.25) is 0 Å². The van der Waals surface area contributed by atoms with Gasteiger partial charge in [0.25, 0.3) is 0 Å². The molecule has 0 radical (unpaired) electrons. The van der Waals surface area contributed by atoms with Crippen LogP contribution in [0.1, 0.15) is 96.8 Å². The van der Waals surface area contributed by atoms with Crippen LogP contribution in [-0.4, -0.2) is 47.0 Å². The molecule has 0 bridgehead atoms. The monoisotopic (exact) mass is 430 g/mol. The van der Waals surface area contributed by atoms with E-state index in [-0.39, 0.29) is 11.5 Å². The molecule has 0 fully saturated rings. The lowest BCUT2D eigenvalue weighted by Crippen LogP contribution is -2.30. The van der Waals surface area contributed by atoms with Crippen molar-refractivity contribution in [3.8, 4) is 0 Å². The number of unbranched alkanes of at least 4 members (excludes halogenated alkanes) is 13. The van der Waals surface area contributed by atoms with Crippen LogP contribution in [0.4, 0.5) is 0 Å². The molecule has 0 aromatic carbocycles. The molecule has 0 unspecified atom stereocenters. The maximum atomic E-state index is 11.5. The number of rotatable bonds is 19.